The maximum absolute atomic E-state index is 13.4. The molecule has 0 spiro atoms. The van der Waals surface area contributed by atoms with Gasteiger partial charge in [-0.25, -0.2) is 14.4 Å². The van der Waals surface area contributed by atoms with Gasteiger partial charge in [-0.3, -0.25) is 0 Å². The molecule has 0 fully saturated rings. The molecule has 21 heavy (non-hydrogen) atoms. The van der Waals surface area contributed by atoms with Crippen LogP contribution in [0.15, 0.2) is 30.5 Å². The van der Waals surface area contributed by atoms with Crippen molar-refractivity contribution in [3.8, 4) is 0 Å². The molecule has 0 aliphatic rings. The van der Waals surface area contributed by atoms with Crippen molar-refractivity contribution in [2.24, 2.45) is 0 Å². The molecule has 1 aromatic heterocycles. The Morgan fingerprint density at radius 3 is 2.71 bits per heavy atom. The van der Waals surface area contributed by atoms with E-state index in [0.717, 1.165) is 22.9 Å². The molecule has 2 rings (SSSR count). The monoisotopic (exact) mass is 288 g/mol. The lowest BCUT2D eigenvalue weighted by atomic mass is 10.2. The molecule has 4 nitrogen and oxygen atoms in total. The first-order valence-electron chi connectivity index (χ1n) is 7.02. The number of rotatable bonds is 5. The van der Waals surface area contributed by atoms with Gasteiger partial charge in [-0.1, -0.05) is 19.9 Å². The first-order valence-corrected chi connectivity index (χ1v) is 7.02. The van der Waals surface area contributed by atoms with Crippen LogP contribution < -0.4 is 10.2 Å². The summed E-state index contributed by atoms with van der Waals surface area (Å²) in [5.74, 6) is 0.833. The van der Waals surface area contributed by atoms with Crippen LogP contribution in [0.25, 0.3) is 0 Å². The Kier molecular flexibility index (Phi) is 4.85. The highest BCUT2D eigenvalue weighted by molar-refractivity contribution is 5.63. The summed E-state index contributed by atoms with van der Waals surface area (Å²) >= 11 is 0. The second-order valence-electron chi connectivity index (χ2n) is 5.28. The van der Waals surface area contributed by atoms with Crippen molar-refractivity contribution in [2.75, 3.05) is 19.0 Å². The summed E-state index contributed by atoms with van der Waals surface area (Å²) in [4.78, 5) is 10.9. The quantitative estimate of drug-likeness (QED) is 0.917. The van der Waals surface area contributed by atoms with Crippen LogP contribution in [0.3, 0.4) is 0 Å². The summed E-state index contributed by atoms with van der Waals surface area (Å²) in [5.41, 5.74) is 2.55. The van der Waals surface area contributed by atoms with Gasteiger partial charge in [-0.15, -0.1) is 0 Å². The highest BCUT2D eigenvalue weighted by atomic mass is 19.1. The molecule has 0 radical (unpaired) electrons. The van der Waals surface area contributed by atoms with Crippen LogP contribution >= 0.6 is 0 Å². The minimum atomic E-state index is -0.255. The standard InChI is InChI=1S/C16H21FN4/c1-11(2)16-19-10-15(14(20-16)9-18-3)21(4)13-7-5-6-12(17)8-13/h5-8,10-11,18H,9H2,1-4H3. The smallest absolute Gasteiger partial charge is 0.131 e. The average molecular weight is 288 g/mol. The molecule has 2 aromatic rings. The molecular weight excluding hydrogens is 267 g/mol. The van der Waals surface area contributed by atoms with Crippen LogP contribution in [0.1, 0.15) is 31.3 Å². The molecule has 0 saturated carbocycles. The Morgan fingerprint density at radius 1 is 1.33 bits per heavy atom. The summed E-state index contributed by atoms with van der Waals surface area (Å²) < 4.78 is 13.4. The van der Waals surface area contributed by atoms with Gasteiger partial charge >= 0.3 is 0 Å². The molecule has 112 valence electrons. The van der Waals surface area contributed by atoms with Crippen molar-refractivity contribution < 1.29 is 4.39 Å². The lowest BCUT2D eigenvalue weighted by Gasteiger charge is -2.22. The van der Waals surface area contributed by atoms with Crippen LogP contribution in [0.5, 0.6) is 0 Å². The van der Waals surface area contributed by atoms with E-state index in [1.165, 1.54) is 12.1 Å². The molecule has 0 atom stereocenters. The third kappa shape index (κ3) is 3.55. The lowest BCUT2D eigenvalue weighted by molar-refractivity contribution is 0.628. The van der Waals surface area contributed by atoms with E-state index in [2.05, 4.69) is 29.1 Å². The molecule has 0 bridgehead atoms. The molecular formula is C16H21FN4. The van der Waals surface area contributed by atoms with Crippen molar-refractivity contribution in [1.29, 1.82) is 0 Å². The zero-order chi connectivity index (χ0) is 15.4. The molecule has 0 saturated heterocycles. The maximum atomic E-state index is 13.4. The first kappa shape index (κ1) is 15.4. The molecule has 0 unspecified atom stereocenters. The van der Waals surface area contributed by atoms with Gasteiger partial charge in [0.2, 0.25) is 0 Å². The van der Waals surface area contributed by atoms with E-state index >= 15 is 0 Å². The van der Waals surface area contributed by atoms with Crippen LogP contribution in [-0.2, 0) is 6.54 Å². The highest BCUT2D eigenvalue weighted by Gasteiger charge is 2.14. The van der Waals surface area contributed by atoms with Crippen molar-refractivity contribution in [1.82, 2.24) is 15.3 Å². The van der Waals surface area contributed by atoms with Gasteiger partial charge in [0.1, 0.15) is 11.6 Å². The second-order valence-corrected chi connectivity index (χ2v) is 5.28. The van der Waals surface area contributed by atoms with E-state index in [1.807, 2.05) is 25.1 Å². The van der Waals surface area contributed by atoms with Crippen LogP contribution in [0, 0.1) is 5.82 Å². The zero-order valence-corrected chi connectivity index (χ0v) is 12.9. The predicted octanol–water partition coefficient (Wildman–Crippen LogP) is 3.23. The fraction of sp³-hybridized carbons (Fsp3) is 0.375. The predicted molar refractivity (Wildman–Crippen MR) is 83.3 cm³/mol. The average Bonchev–Trinajstić information content (AvgIpc) is 2.46. The second kappa shape index (κ2) is 6.63. The third-order valence-corrected chi connectivity index (χ3v) is 3.28. The summed E-state index contributed by atoms with van der Waals surface area (Å²) in [6, 6.07) is 6.49. The van der Waals surface area contributed by atoms with E-state index in [-0.39, 0.29) is 11.7 Å². The van der Waals surface area contributed by atoms with Crippen LogP contribution in [-0.4, -0.2) is 24.1 Å². The Labute approximate surface area is 125 Å². The number of anilines is 2. The number of nitrogens with one attached hydrogen (secondary N) is 1. The number of hydrogen-bond donors (Lipinski definition) is 1. The molecule has 5 heteroatoms. The Balaban J connectivity index is 2.42. The van der Waals surface area contributed by atoms with Gasteiger partial charge in [0.15, 0.2) is 0 Å². The molecule has 0 amide bonds. The van der Waals surface area contributed by atoms with Gasteiger partial charge in [0.05, 0.1) is 17.6 Å². The maximum Gasteiger partial charge on any atom is 0.131 e. The number of hydrogen-bond acceptors (Lipinski definition) is 4. The van der Waals surface area contributed by atoms with E-state index < -0.39 is 0 Å². The van der Waals surface area contributed by atoms with Crippen LogP contribution in [0.4, 0.5) is 15.8 Å². The topological polar surface area (TPSA) is 41.1 Å². The van der Waals surface area contributed by atoms with Crippen molar-refractivity contribution >= 4 is 11.4 Å². The number of benzene rings is 1. The fourth-order valence-electron chi connectivity index (χ4n) is 2.11. The van der Waals surface area contributed by atoms with E-state index in [9.17, 15) is 4.39 Å². The van der Waals surface area contributed by atoms with Crippen LogP contribution in [0.2, 0.25) is 0 Å². The van der Waals surface area contributed by atoms with Gasteiger partial charge < -0.3 is 10.2 Å². The molecule has 0 aliphatic heterocycles. The largest absolute Gasteiger partial charge is 0.342 e. The Morgan fingerprint density at radius 2 is 2.10 bits per heavy atom. The number of aromatic nitrogens is 2. The molecule has 1 N–H and O–H groups in total. The summed E-state index contributed by atoms with van der Waals surface area (Å²) in [7, 11) is 3.77. The van der Waals surface area contributed by atoms with Crippen molar-refractivity contribution in [3.05, 3.63) is 47.8 Å². The van der Waals surface area contributed by atoms with Gasteiger partial charge in [-0.05, 0) is 25.2 Å². The first-order chi connectivity index (χ1) is 10.0. The van der Waals surface area contributed by atoms with E-state index in [0.29, 0.717) is 6.54 Å². The highest BCUT2D eigenvalue weighted by Crippen LogP contribution is 2.27. The molecule has 0 aliphatic carbocycles. The van der Waals surface area contributed by atoms with E-state index in [4.69, 9.17) is 0 Å². The third-order valence-electron chi connectivity index (χ3n) is 3.28. The van der Waals surface area contributed by atoms with Gasteiger partial charge in [0.25, 0.3) is 0 Å². The number of nitrogens with zero attached hydrogens (tertiary/aromatic N) is 3. The van der Waals surface area contributed by atoms with Gasteiger partial charge in [-0.2, -0.15) is 0 Å². The minimum Gasteiger partial charge on any atom is -0.342 e. The summed E-state index contributed by atoms with van der Waals surface area (Å²) in [6.45, 7) is 4.76. The lowest BCUT2D eigenvalue weighted by Crippen LogP contribution is -2.18. The SMILES string of the molecule is CNCc1nc(C(C)C)ncc1N(C)c1cccc(F)c1. The van der Waals surface area contributed by atoms with Crippen molar-refractivity contribution in [3.63, 3.8) is 0 Å². The zero-order valence-electron chi connectivity index (χ0n) is 12.9. The summed E-state index contributed by atoms with van der Waals surface area (Å²) in [5, 5.41) is 3.12. The molecule has 1 aromatic carbocycles. The fourth-order valence-corrected chi connectivity index (χ4v) is 2.11. The molecule has 1 heterocycles. The van der Waals surface area contributed by atoms with E-state index in [1.54, 1.807) is 12.3 Å². The normalized spacial score (nSPS) is 11.0. The Hall–Kier alpha value is -2.01. The van der Waals surface area contributed by atoms with Crippen molar-refractivity contribution in [2.45, 2.75) is 26.3 Å². The Bertz CT molecular complexity index is 613. The summed E-state index contributed by atoms with van der Waals surface area (Å²) in [6.07, 6.45) is 1.81. The number of halogens is 1. The van der Waals surface area contributed by atoms with Gasteiger partial charge in [0, 0.05) is 25.2 Å². The minimum absolute atomic E-state index is 0.255.